The summed E-state index contributed by atoms with van der Waals surface area (Å²) in [6.45, 7) is 14.3. The van der Waals surface area contributed by atoms with Crippen molar-refractivity contribution in [1.29, 1.82) is 0 Å². The van der Waals surface area contributed by atoms with Crippen LogP contribution in [0, 0.1) is 19.3 Å². The lowest BCUT2D eigenvalue weighted by Gasteiger charge is -2.28. The van der Waals surface area contributed by atoms with Crippen LogP contribution < -0.4 is 0 Å². The number of hydrogen-bond acceptors (Lipinski definition) is 2. The number of aliphatic imine (C=N–C) groups is 1. The van der Waals surface area contributed by atoms with Crippen LogP contribution in [0.1, 0.15) is 57.5 Å². The number of rotatable bonds is 14. The number of nitrogens with zero attached hydrogens (tertiary/aromatic N) is 2. The number of aryl methyl sites for hydroxylation is 3. The lowest BCUT2D eigenvalue weighted by atomic mass is 9.85. The van der Waals surface area contributed by atoms with Gasteiger partial charge in [-0.2, -0.15) is 0 Å². The molecule has 0 aliphatic carbocycles. The minimum Gasteiger partial charge on any atom is -0.348 e. The first-order valence-corrected chi connectivity index (χ1v) is 21.6. The SMILES string of the molecule is CCCc1ccccc1N=C(C/C=C/C(C)(C)C)[C@H](Cn1c(C)ccc1C)Sc1c(-c2ccccc2)c(-c2ccccc2)cc(-c2ccccc2)c1-c1ccccc1. The van der Waals surface area contributed by atoms with Crippen molar-refractivity contribution in [3.8, 4) is 44.5 Å². The maximum Gasteiger partial charge on any atom is 0.0661 e. The van der Waals surface area contributed by atoms with Crippen LogP contribution in [0.3, 0.4) is 0 Å². The molecule has 0 saturated carbocycles. The number of thioether (sulfide) groups is 1. The molecule has 0 spiro atoms. The lowest BCUT2D eigenvalue weighted by Crippen LogP contribution is -2.25. The number of aromatic nitrogens is 1. The third kappa shape index (κ3) is 9.72. The Hall–Kier alpha value is -5.64. The quantitative estimate of drug-likeness (QED) is 0.0611. The van der Waals surface area contributed by atoms with Crippen LogP contribution >= 0.6 is 11.8 Å². The Morgan fingerprint density at radius 1 is 0.621 bits per heavy atom. The van der Waals surface area contributed by atoms with Crippen molar-refractivity contribution >= 4 is 23.2 Å². The topological polar surface area (TPSA) is 17.3 Å². The molecule has 0 saturated heterocycles. The fourth-order valence-electron chi connectivity index (χ4n) is 7.79. The molecular weight excluding hydrogens is 721 g/mol. The molecule has 0 radical (unpaired) electrons. The lowest BCUT2D eigenvalue weighted by molar-refractivity contribution is 0.543. The van der Waals surface area contributed by atoms with Crippen LogP contribution in [0.2, 0.25) is 0 Å². The molecule has 2 nitrogen and oxygen atoms in total. The third-order valence-electron chi connectivity index (χ3n) is 10.7. The summed E-state index contributed by atoms with van der Waals surface area (Å²) in [5.41, 5.74) is 15.8. The van der Waals surface area contributed by atoms with Crippen molar-refractivity contribution < 1.29 is 0 Å². The Kier molecular flexibility index (Phi) is 13.1. The van der Waals surface area contributed by atoms with E-state index in [0.29, 0.717) is 0 Å². The second-order valence-electron chi connectivity index (χ2n) is 16.3. The number of benzene rings is 6. The Bertz CT molecular complexity index is 2350. The molecule has 1 heterocycles. The minimum atomic E-state index is -0.0105. The van der Waals surface area contributed by atoms with Gasteiger partial charge in [0.1, 0.15) is 0 Å². The largest absolute Gasteiger partial charge is 0.348 e. The van der Waals surface area contributed by atoms with E-state index in [0.717, 1.165) is 31.5 Å². The Labute approximate surface area is 351 Å². The first kappa shape index (κ1) is 40.6. The second kappa shape index (κ2) is 18.7. The molecule has 3 heteroatoms. The first-order chi connectivity index (χ1) is 28.2. The van der Waals surface area contributed by atoms with Gasteiger partial charge in [0, 0.05) is 46.1 Å². The van der Waals surface area contributed by atoms with Crippen LogP contribution in [-0.2, 0) is 13.0 Å². The van der Waals surface area contributed by atoms with Gasteiger partial charge in [-0.3, -0.25) is 4.99 Å². The van der Waals surface area contributed by atoms with E-state index in [9.17, 15) is 0 Å². The predicted octanol–water partition coefficient (Wildman–Crippen LogP) is 15.7. The summed E-state index contributed by atoms with van der Waals surface area (Å²) in [5.74, 6) is 0. The van der Waals surface area contributed by atoms with Gasteiger partial charge in [0.05, 0.1) is 10.9 Å². The van der Waals surface area contributed by atoms with Crippen molar-refractivity contribution in [1.82, 2.24) is 4.57 Å². The number of allylic oxidation sites excluding steroid dienone is 2. The van der Waals surface area contributed by atoms with Crippen LogP contribution in [0.15, 0.2) is 186 Å². The van der Waals surface area contributed by atoms with Gasteiger partial charge in [-0.15, -0.1) is 11.8 Å². The van der Waals surface area contributed by atoms with E-state index in [1.165, 1.54) is 72.1 Å². The van der Waals surface area contributed by atoms with E-state index in [-0.39, 0.29) is 10.7 Å². The van der Waals surface area contributed by atoms with Crippen molar-refractivity contribution in [2.75, 3.05) is 0 Å². The fraction of sp³-hybridized carbons (Fsp3) is 0.218. The maximum absolute atomic E-state index is 5.73. The van der Waals surface area contributed by atoms with Gasteiger partial charge in [0.2, 0.25) is 0 Å². The molecule has 0 amide bonds. The smallest absolute Gasteiger partial charge is 0.0661 e. The first-order valence-electron chi connectivity index (χ1n) is 20.7. The highest BCUT2D eigenvalue weighted by Crippen LogP contribution is 2.51. The Balaban J connectivity index is 1.58. The zero-order valence-electron chi connectivity index (χ0n) is 35.0. The van der Waals surface area contributed by atoms with Gasteiger partial charge in [-0.1, -0.05) is 186 Å². The van der Waals surface area contributed by atoms with Gasteiger partial charge in [-0.25, -0.2) is 0 Å². The summed E-state index contributed by atoms with van der Waals surface area (Å²) < 4.78 is 2.49. The zero-order valence-corrected chi connectivity index (χ0v) is 35.8. The summed E-state index contributed by atoms with van der Waals surface area (Å²) in [5, 5.41) is -0.0105. The molecule has 1 atom stereocenters. The second-order valence-corrected chi connectivity index (χ2v) is 17.5. The molecule has 0 bridgehead atoms. The summed E-state index contributed by atoms with van der Waals surface area (Å²) in [6, 6.07) is 59.6. The molecule has 1 aromatic heterocycles. The van der Waals surface area contributed by atoms with E-state index in [1.807, 2.05) is 11.8 Å². The third-order valence-corrected chi connectivity index (χ3v) is 12.0. The Morgan fingerprint density at radius 3 is 1.57 bits per heavy atom. The molecule has 0 unspecified atom stereocenters. The van der Waals surface area contributed by atoms with Gasteiger partial charge in [-0.05, 0) is 88.9 Å². The van der Waals surface area contributed by atoms with Crippen LogP contribution in [0.25, 0.3) is 44.5 Å². The van der Waals surface area contributed by atoms with Crippen molar-refractivity contribution in [3.63, 3.8) is 0 Å². The molecule has 58 heavy (non-hydrogen) atoms. The average molecular weight is 777 g/mol. The highest BCUT2D eigenvalue weighted by molar-refractivity contribution is 8.01. The van der Waals surface area contributed by atoms with E-state index in [4.69, 9.17) is 4.99 Å². The molecule has 0 fully saturated rings. The van der Waals surface area contributed by atoms with Crippen molar-refractivity contribution in [2.45, 2.75) is 77.5 Å². The summed E-state index contributed by atoms with van der Waals surface area (Å²) in [7, 11) is 0. The highest BCUT2D eigenvalue weighted by Gasteiger charge is 2.28. The summed E-state index contributed by atoms with van der Waals surface area (Å²) >= 11 is 1.98. The molecule has 6 aromatic carbocycles. The average Bonchev–Trinajstić information content (AvgIpc) is 3.56. The van der Waals surface area contributed by atoms with Crippen molar-refractivity contribution in [3.05, 3.63) is 193 Å². The molecular formula is C55H56N2S. The predicted molar refractivity (Wildman–Crippen MR) is 252 cm³/mol. The van der Waals surface area contributed by atoms with Gasteiger partial charge in [0.25, 0.3) is 0 Å². The van der Waals surface area contributed by atoms with E-state index >= 15 is 0 Å². The monoisotopic (exact) mass is 776 g/mol. The van der Waals surface area contributed by atoms with Crippen LogP contribution in [0.4, 0.5) is 5.69 Å². The molecule has 292 valence electrons. The number of para-hydroxylation sites is 1. The van der Waals surface area contributed by atoms with E-state index in [1.54, 1.807) is 0 Å². The van der Waals surface area contributed by atoms with Gasteiger partial charge in [0.15, 0.2) is 0 Å². The zero-order chi connectivity index (χ0) is 40.5. The van der Waals surface area contributed by atoms with Crippen molar-refractivity contribution in [2.24, 2.45) is 10.4 Å². The molecule has 7 aromatic rings. The number of hydrogen-bond donors (Lipinski definition) is 0. The van der Waals surface area contributed by atoms with E-state index in [2.05, 4.69) is 222 Å². The van der Waals surface area contributed by atoms with Crippen LogP contribution in [-0.4, -0.2) is 15.5 Å². The highest BCUT2D eigenvalue weighted by atomic mass is 32.2. The standard InChI is InChI=1S/C55H56N2S/c1-7-23-44-28-20-21-33-49(44)56-50(34-22-37-55(4,5)6)51(39-57-40(2)35-36-41(57)3)58-54-52(45-29-16-10-17-30-45)47(42-24-12-8-13-25-42)38-48(43-26-14-9-15-27-43)53(54)46-31-18-11-19-32-46/h8-22,24-33,35-38,51H,7,23,34,39H2,1-6H3/b37-22+,56-50?/t51-/m0/s1. The Morgan fingerprint density at radius 2 is 1.09 bits per heavy atom. The molecule has 0 aliphatic rings. The molecule has 7 rings (SSSR count). The summed E-state index contributed by atoms with van der Waals surface area (Å²) in [6.07, 6.45) is 7.52. The maximum atomic E-state index is 5.73. The van der Waals surface area contributed by atoms with Crippen LogP contribution in [0.5, 0.6) is 0 Å². The van der Waals surface area contributed by atoms with Gasteiger partial charge >= 0.3 is 0 Å². The normalized spacial score (nSPS) is 12.6. The minimum absolute atomic E-state index is 0.0105. The molecule has 0 N–H and O–H groups in total. The summed E-state index contributed by atoms with van der Waals surface area (Å²) in [4.78, 5) is 6.99. The van der Waals surface area contributed by atoms with E-state index < -0.39 is 0 Å². The van der Waals surface area contributed by atoms with Gasteiger partial charge < -0.3 is 4.57 Å². The fourth-order valence-corrected chi connectivity index (χ4v) is 9.28. The molecule has 0 aliphatic heterocycles.